The van der Waals surface area contributed by atoms with Crippen LogP contribution in [0.2, 0.25) is 0 Å². The molecule has 0 spiro atoms. The highest BCUT2D eigenvalue weighted by molar-refractivity contribution is 7.86. The second-order valence-electron chi connectivity index (χ2n) is 4.23. The van der Waals surface area contributed by atoms with E-state index in [1.807, 2.05) is 0 Å². The maximum absolute atomic E-state index is 12.2. The Balaban J connectivity index is 2.38. The van der Waals surface area contributed by atoms with Crippen molar-refractivity contribution in [3.05, 3.63) is 11.3 Å². The van der Waals surface area contributed by atoms with Crippen molar-refractivity contribution in [3.8, 4) is 0 Å². The van der Waals surface area contributed by atoms with Crippen LogP contribution in [0.3, 0.4) is 0 Å². The van der Waals surface area contributed by atoms with Crippen LogP contribution in [0.1, 0.15) is 13.3 Å². The zero-order chi connectivity index (χ0) is 14.2. The van der Waals surface area contributed by atoms with Crippen LogP contribution in [0, 0.1) is 0 Å². The Bertz CT molecular complexity index is 566. The summed E-state index contributed by atoms with van der Waals surface area (Å²) < 4.78 is 32.6. The van der Waals surface area contributed by atoms with Crippen LogP contribution < -0.4 is 5.43 Å². The van der Waals surface area contributed by atoms with E-state index in [2.05, 4.69) is 10.5 Å². The molecular formula is C10H15N3O5S. The molecule has 0 saturated carbocycles. The molecule has 0 aromatic rings. The minimum absolute atomic E-state index is 0.0863. The largest absolute Gasteiger partial charge is 0.491 e. The van der Waals surface area contributed by atoms with Gasteiger partial charge in [0.15, 0.2) is 12.0 Å². The normalized spacial score (nSPS) is 23.7. The third-order valence-electron chi connectivity index (χ3n) is 2.79. The predicted molar refractivity (Wildman–Crippen MR) is 66.3 cm³/mol. The number of carbonyl (C=O) groups is 1. The quantitative estimate of drug-likeness (QED) is 0.694. The van der Waals surface area contributed by atoms with Crippen molar-refractivity contribution in [2.45, 2.75) is 19.6 Å². The molecule has 1 N–H and O–H groups in total. The summed E-state index contributed by atoms with van der Waals surface area (Å²) in [5.41, 5.74) is 3.14. The van der Waals surface area contributed by atoms with E-state index in [0.717, 1.165) is 6.26 Å². The number of methoxy groups -OCH3 is 1. The van der Waals surface area contributed by atoms with Crippen LogP contribution in [0.15, 0.2) is 16.4 Å². The van der Waals surface area contributed by atoms with Gasteiger partial charge in [0, 0.05) is 18.5 Å². The van der Waals surface area contributed by atoms with Crippen LogP contribution in [-0.4, -0.2) is 51.2 Å². The van der Waals surface area contributed by atoms with Gasteiger partial charge in [0.2, 0.25) is 0 Å². The van der Waals surface area contributed by atoms with Gasteiger partial charge in [-0.05, 0) is 6.92 Å². The molecule has 0 aromatic heterocycles. The second kappa shape index (κ2) is 4.82. The van der Waals surface area contributed by atoms with Crippen LogP contribution >= 0.6 is 0 Å². The number of nitrogens with one attached hydrogen (secondary N) is 1. The number of carbonyl (C=O) groups excluding carboxylic acids is 1. The Hall–Kier alpha value is -1.61. The number of nitrogens with zero attached hydrogens (tertiary/aromatic N) is 2. The molecule has 1 unspecified atom stereocenters. The predicted octanol–water partition coefficient (Wildman–Crippen LogP) is -0.642. The number of amidine groups is 1. The van der Waals surface area contributed by atoms with E-state index < -0.39 is 22.3 Å². The first-order chi connectivity index (χ1) is 8.85. The maximum Gasteiger partial charge on any atom is 0.296 e. The molecule has 0 aliphatic carbocycles. The van der Waals surface area contributed by atoms with Gasteiger partial charge in [0.05, 0.1) is 13.4 Å². The lowest BCUT2D eigenvalue weighted by Gasteiger charge is -2.23. The van der Waals surface area contributed by atoms with Crippen molar-refractivity contribution in [1.29, 1.82) is 0 Å². The van der Waals surface area contributed by atoms with Gasteiger partial charge in [-0.25, -0.2) is 4.18 Å². The summed E-state index contributed by atoms with van der Waals surface area (Å²) in [7, 11) is -2.36. The molecule has 0 radical (unpaired) electrons. The summed E-state index contributed by atoms with van der Waals surface area (Å²) >= 11 is 0. The van der Waals surface area contributed by atoms with Crippen molar-refractivity contribution < 1.29 is 22.1 Å². The molecule has 0 bridgehead atoms. The first-order valence-electron chi connectivity index (χ1n) is 5.61. The fraction of sp³-hybridized carbons (Fsp3) is 0.600. The van der Waals surface area contributed by atoms with E-state index >= 15 is 0 Å². The van der Waals surface area contributed by atoms with Crippen LogP contribution in [0.5, 0.6) is 0 Å². The number of ether oxygens (including phenoxy) is 1. The maximum atomic E-state index is 12.2. The second-order valence-corrected chi connectivity index (χ2v) is 5.83. The third-order valence-corrected chi connectivity index (χ3v) is 3.32. The molecule has 0 fully saturated rings. The Morgan fingerprint density at radius 2 is 2.16 bits per heavy atom. The number of hydrazone groups is 1. The molecule has 106 valence electrons. The van der Waals surface area contributed by atoms with Gasteiger partial charge in [-0.3, -0.25) is 9.69 Å². The standard InChI is InChI=1S/C10H15N3O5S/c1-6-8(17-2)9(14)13(7-4-5-11-12-7)10(6)18-19(3,15)16/h10-11H,4-5H2,1-3H3. The van der Waals surface area contributed by atoms with Crippen molar-refractivity contribution in [2.75, 3.05) is 19.9 Å². The molecule has 19 heavy (non-hydrogen) atoms. The number of rotatable bonds is 3. The van der Waals surface area contributed by atoms with Gasteiger partial charge in [-0.1, -0.05) is 0 Å². The van der Waals surface area contributed by atoms with Crippen molar-refractivity contribution in [1.82, 2.24) is 10.3 Å². The summed E-state index contributed by atoms with van der Waals surface area (Å²) in [5, 5.41) is 3.97. The summed E-state index contributed by atoms with van der Waals surface area (Å²) in [6.45, 7) is 2.18. The van der Waals surface area contributed by atoms with Crippen molar-refractivity contribution in [2.24, 2.45) is 5.10 Å². The molecule has 1 amide bonds. The molecule has 1 atom stereocenters. The molecule has 2 aliphatic rings. The van der Waals surface area contributed by atoms with Crippen LogP contribution in [0.4, 0.5) is 0 Å². The lowest BCUT2D eigenvalue weighted by atomic mass is 10.3. The van der Waals surface area contributed by atoms with Crippen molar-refractivity contribution in [3.63, 3.8) is 0 Å². The Morgan fingerprint density at radius 1 is 1.47 bits per heavy atom. The Kier molecular flexibility index (Phi) is 3.50. The third kappa shape index (κ3) is 2.56. The van der Waals surface area contributed by atoms with Gasteiger partial charge >= 0.3 is 0 Å². The Morgan fingerprint density at radius 3 is 2.63 bits per heavy atom. The van der Waals surface area contributed by atoms with E-state index in [-0.39, 0.29) is 5.76 Å². The average molecular weight is 289 g/mol. The van der Waals surface area contributed by atoms with Crippen LogP contribution in [-0.2, 0) is 23.8 Å². The summed E-state index contributed by atoms with van der Waals surface area (Å²) in [4.78, 5) is 13.4. The monoisotopic (exact) mass is 289 g/mol. The van der Waals surface area contributed by atoms with Gasteiger partial charge < -0.3 is 10.2 Å². The zero-order valence-corrected chi connectivity index (χ0v) is 11.7. The molecule has 0 saturated heterocycles. The number of hydrogen-bond acceptors (Lipinski definition) is 7. The molecule has 2 rings (SSSR count). The van der Waals surface area contributed by atoms with Gasteiger partial charge in [0.25, 0.3) is 16.0 Å². The minimum atomic E-state index is -3.72. The van der Waals surface area contributed by atoms with Gasteiger partial charge in [-0.2, -0.15) is 13.5 Å². The van der Waals surface area contributed by atoms with E-state index in [0.29, 0.717) is 24.4 Å². The molecule has 8 nitrogen and oxygen atoms in total. The molecule has 9 heteroatoms. The van der Waals surface area contributed by atoms with E-state index in [1.165, 1.54) is 12.0 Å². The average Bonchev–Trinajstić information content (AvgIpc) is 2.86. The SMILES string of the molecule is COC1=C(C)C(OS(C)(=O)=O)N(C2=NNCC2)C1=O. The molecule has 0 aromatic carbocycles. The Labute approximate surface area is 111 Å². The topological polar surface area (TPSA) is 97.3 Å². The van der Waals surface area contributed by atoms with Crippen LogP contribution in [0.25, 0.3) is 0 Å². The minimum Gasteiger partial charge on any atom is -0.491 e. The number of hydrogen-bond donors (Lipinski definition) is 1. The van der Waals surface area contributed by atoms with Gasteiger partial charge in [0.1, 0.15) is 5.84 Å². The highest BCUT2D eigenvalue weighted by Crippen LogP contribution is 2.29. The van der Waals surface area contributed by atoms with Gasteiger partial charge in [-0.15, -0.1) is 0 Å². The highest BCUT2D eigenvalue weighted by Gasteiger charge is 2.43. The fourth-order valence-electron chi connectivity index (χ4n) is 2.02. The first kappa shape index (κ1) is 13.8. The highest BCUT2D eigenvalue weighted by atomic mass is 32.2. The van der Waals surface area contributed by atoms with Crippen molar-refractivity contribution >= 4 is 21.9 Å². The fourth-order valence-corrected chi connectivity index (χ4v) is 2.58. The lowest BCUT2D eigenvalue weighted by Crippen LogP contribution is -2.42. The van der Waals surface area contributed by atoms with E-state index in [1.54, 1.807) is 6.92 Å². The van der Waals surface area contributed by atoms with E-state index in [9.17, 15) is 13.2 Å². The zero-order valence-electron chi connectivity index (χ0n) is 10.8. The lowest BCUT2D eigenvalue weighted by molar-refractivity contribution is -0.128. The smallest absolute Gasteiger partial charge is 0.296 e. The first-order valence-corrected chi connectivity index (χ1v) is 7.43. The summed E-state index contributed by atoms with van der Waals surface area (Å²) in [6.07, 6.45) is 0.415. The summed E-state index contributed by atoms with van der Waals surface area (Å²) in [6, 6.07) is 0. The molecule has 2 aliphatic heterocycles. The van der Waals surface area contributed by atoms with E-state index in [4.69, 9.17) is 8.92 Å². The summed E-state index contributed by atoms with van der Waals surface area (Å²) in [5.74, 6) is 0.0735. The molecular weight excluding hydrogens is 274 g/mol. The molecule has 2 heterocycles. The number of amides is 1.